The Hall–Kier alpha value is -2.67. The molecular weight excluding hydrogens is 381 g/mol. The topological polar surface area (TPSA) is 68.0 Å². The van der Waals surface area contributed by atoms with Crippen molar-refractivity contribution in [2.75, 3.05) is 24.5 Å². The number of halogens is 1. The van der Waals surface area contributed by atoms with Crippen molar-refractivity contribution in [3.05, 3.63) is 56.9 Å². The van der Waals surface area contributed by atoms with E-state index < -0.39 is 0 Å². The SMILES string of the molecule is Cc1c(CN2CCc3c(nc(N4CCC[C@H](C)C4)[nH]c3=O)C2)[nH]c2ccc(F)cc12. The Kier molecular flexibility index (Phi) is 4.85. The molecule has 1 fully saturated rings. The highest BCUT2D eigenvalue weighted by Crippen LogP contribution is 2.26. The second-order valence-electron chi connectivity index (χ2n) is 8.89. The van der Waals surface area contributed by atoms with Crippen molar-refractivity contribution in [1.29, 1.82) is 0 Å². The Bertz CT molecular complexity index is 1150. The van der Waals surface area contributed by atoms with Gasteiger partial charge in [-0.1, -0.05) is 6.92 Å². The molecule has 0 saturated carbocycles. The average Bonchev–Trinajstić information content (AvgIpc) is 3.03. The molecule has 4 heterocycles. The lowest BCUT2D eigenvalue weighted by Gasteiger charge is -2.33. The summed E-state index contributed by atoms with van der Waals surface area (Å²) in [5.74, 6) is 1.11. The van der Waals surface area contributed by atoms with E-state index in [4.69, 9.17) is 4.98 Å². The molecule has 0 amide bonds. The van der Waals surface area contributed by atoms with Crippen LogP contribution in [0.15, 0.2) is 23.0 Å². The van der Waals surface area contributed by atoms with Crippen molar-refractivity contribution < 1.29 is 4.39 Å². The number of nitrogens with one attached hydrogen (secondary N) is 2. The zero-order chi connectivity index (χ0) is 20.8. The zero-order valence-electron chi connectivity index (χ0n) is 17.6. The van der Waals surface area contributed by atoms with Gasteiger partial charge in [0.05, 0.1) is 5.69 Å². The van der Waals surface area contributed by atoms with Gasteiger partial charge in [-0.15, -0.1) is 0 Å². The van der Waals surface area contributed by atoms with Gasteiger partial charge in [-0.2, -0.15) is 0 Å². The van der Waals surface area contributed by atoms with Gasteiger partial charge in [-0.05, 0) is 55.9 Å². The maximum atomic E-state index is 13.6. The Morgan fingerprint density at radius 3 is 2.97 bits per heavy atom. The molecular formula is C23H28FN5O. The molecule has 30 heavy (non-hydrogen) atoms. The maximum Gasteiger partial charge on any atom is 0.255 e. The highest BCUT2D eigenvalue weighted by atomic mass is 19.1. The van der Waals surface area contributed by atoms with E-state index in [9.17, 15) is 9.18 Å². The summed E-state index contributed by atoms with van der Waals surface area (Å²) in [6.45, 7) is 8.35. The van der Waals surface area contributed by atoms with E-state index >= 15 is 0 Å². The summed E-state index contributed by atoms with van der Waals surface area (Å²) in [7, 11) is 0. The normalized spacial score (nSPS) is 20.0. The predicted octanol–water partition coefficient (Wildman–Crippen LogP) is 3.49. The number of nitrogens with zero attached hydrogens (tertiary/aromatic N) is 3. The summed E-state index contributed by atoms with van der Waals surface area (Å²) in [5, 5.41) is 0.929. The number of benzene rings is 1. The smallest absolute Gasteiger partial charge is 0.255 e. The Labute approximate surface area is 175 Å². The number of fused-ring (bicyclic) bond motifs is 2. The molecule has 0 unspecified atom stereocenters. The van der Waals surface area contributed by atoms with Crippen LogP contribution in [0.3, 0.4) is 0 Å². The van der Waals surface area contributed by atoms with Gasteiger partial charge >= 0.3 is 0 Å². The Morgan fingerprint density at radius 2 is 2.13 bits per heavy atom. The van der Waals surface area contributed by atoms with E-state index in [-0.39, 0.29) is 11.4 Å². The number of aryl methyl sites for hydroxylation is 1. The number of rotatable bonds is 3. The van der Waals surface area contributed by atoms with Crippen LogP contribution in [0.4, 0.5) is 10.3 Å². The van der Waals surface area contributed by atoms with Gasteiger partial charge in [0, 0.05) is 54.9 Å². The second kappa shape index (κ2) is 7.54. The number of aromatic nitrogens is 3. The van der Waals surface area contributed by atoms with E-state index in [1.165, 1.54) is 12.5 Å². The van der Waals surface area contributed by atoms with Gasteiger partial charge in [-0.3, -0.25) is 14.7 Å². The predicted molar refractivity (Wildman–Crippen MR) is 116 cm³/mol. The zero-order valence-corrected chi connectivity index (χ0v) is 17.6. The third kappa shape index (κ3) is 3.51. The lowest BCUT2D eigenvalue weighted by atomic mass is 10.0. The van der Waals surface area contributed by atoms with Gasteiger partial charge < -0.3 is 9.88 Å². The molecule has 0 bridgehead atoms. The van der Waals surface area contributed by atoms with Crippen molar-refractivity contribution in [1.82, 2.24) is 19.9 Å². The van der Waals surface area contributed by atoms with Crippen molar-refractivity contribution in [2.45, 2.75) is 46.2 Å². The summed E-state index contributed by atoms with van der Waals surface area (Å²) in [5.41, 5.74) is 4.84. The van der Waals surface area contributed by atoms with Crippen LogP contribution < -0.4 is 10.5 Å². The number of anilines is 1. The third-order valence-corrected chi connectivity index (χ3v) is 6.60. The molecule has 1 saturated heterocycles. The third-order valence-electron chi connectivity index (χ3n) is 6.60. The first-order chi connectivity index (χ1) is 14.5. The number of aromatic amines is 2. The highest BCUT2D eigenvalue weighted by molar-refractivity contribution is 5.84. The van der Waals surface area contributed by atoms with Gasteiger partial charge in [0.1, 0.15) is 5.82 Å². The minimum Gasteiger partial charge on any atom is -0.357 e. The molecule has 6 nitrogen and oxygen atoms in total. The van der Waals surface area contributed by atoms with Gasteiger partial charge in [0.15, 0.2) is 0 Å². The summed E-state index contributed by atoms with van der Waals surface area (Å²) >= 11 is 0. The number of hydrogen-bond donors (Lipinski definition) is 2. The van der Waals surface area contributed by atoms with Crippen LogP contribution in [-0.2, 0) is 19.5 Å². The van der Waals surface area contributed by atoms with Crippen LogP contribution in [0.25, 0.3) is 10.9 Å². The molecule has 0 aliphatic carbocycles. The van der Waals surface area contributed by atoms with E-state index in [0.717, 1.165) is 66.0 Å². The standard InChI is InChI=1S/C23H28FN5O/c1-14-4-3-8-29(11-14)23-26-21-13-28(9-7-17(21)22(30)27-23)12-20-15(2)18-10-16(24)5-6-19(18)25-20/h5-6,10,14,25H,3-4,7-9,11-13H2,1-2H3,(H,26,27,30)/t14-/m0/s1. The maximum absolute atomic E-state index is 13.6. The molecule has 7 heteroatoms. The Balaban J connectivity index is 1.39. The fraction of sp³-hybridized carbons (Fsp3) is 0.478. The molecule has 0 spiro atoms. The van der Waals surface area contributed by atoms with Crippen LogP contribution in [-0.4, -0.2) is 39.5 Å². The first kappa shape index (κ1) is 19.3. The minimum atomic E-state index is -0.217. The fourth-order valence-corrected chi connectivity index (χ4v) is 4.88. The molecule has 158 valence electrons. The lowest BCUT2D eigenvalue weighted by molar-refractivity contribution is 0.237. The molecule has 2 N–H and O–H groups in total. The quantitative estimate of drug-likeness (QED) is 0.695. The first-order valence-electron chi connectivity index (χ1n) is 10.8. The van der Waals surface area contributed by atoms with Crippen LogP contribution in [0.5, 0.6) is 0 Å². The van der Waals surface area contributed by atoms with Gasteiger partial charge in [0.25, 0.3) is 5.56 Å². The molecule has 2 aromatic heterocycles. The number of H-pyrrole nitrogens is 2. The number of piperidine rings is 1. The van der Waals surface area contributed by atoms with Gasteiger partial charge in [-0.25, -0.2) is 9.37 Å². The van der Waals surface area contributed by atoms with Crippen molar-refractivity contribution in [3.63, 3.8) is 0 Å². The average molecular weight is 410 g/mol. The van der Waals surface area contributed by atoms with Crippen molar-refractivity contribution in [3.8, 4) is 0 Å². The molecule has 5 rings (SSSR count). The first-order valence-corrected chi connectivity index (χ1v) is 10.8. The molecule has 1 aromatic carbocycles. The monoisotopic (exact) mass is 409 g/mol. The summed E-state index contributed by atoms with van der Waals surface area (Å²) in [4.78, 5) is 28.5. The van der Waals surface area contributed by atoms with Crippen molar-refractivity contribution >= 4 is 16.9 Å². The number of hydrogen-bond acceptors (Lipinski definition) is 4. The van der Waals surface area contributed by atoms with E-state index in [0.29, 0.717) is 24.8 Å². The van der Waals surface area contributed by atoms with Crippen LogP contribution in [0.2, 0.25) is 0 Å². The molecule has 0 radical (unpaired) electrons. The highest BCUT2D eigenvalue weighted by Gasteiger charge is 2.25. The Morgan fingerprint density at radius 1 is 1.27 bits per heavy atom. The summed E-state index contributed by atoms with van der Waals surface area (Å²) in [6.07, 6.45) is 3.06. The molecule has 1 atom stereocenters. The van der Waals surface area contributed by atoms with E-state index in [2.05, 4.69) is 26.7 Å². The molecule has 2 aliphatic heterocycles. The summed E-state index contributed by atoms with van der Waals surface area (Å²) < 4.78 is 13.6. The van der Waals surface area contributed by atoms with Crippen LogP contribution >= 0.6 is 0 Å². The van der Waals surface area contributed by atoms with E-state index in [1.54, 1.807) is 12.1 Å². The largest absolute Gasteiger partial charge is 0.357 e. The van der Waals surface area contributed by atoms with E-state index in [1.807, 2.05) is 6.92 Å². The van der Waals surface area contributed by atoms with Crippen molar-refractivity contribution in [2.24, 2.45) is 5.92 Å². The molecule has 2 aliphatic rings. The lowest BCUT2D eigenvalue weighted by Crippen LogP contribution is -2.39. The summed E-state index contributed by atoms with van der Waals surface area (Å²) in [6, 6.07) is 4.86. The second-order valence-corrected chi connectivity index (χ2v) is 8.89. The van der Waals surface area contributed by atoms with Crippen LogP contribution in [0, 0.1) is 18.7 Å². The molecule has 3 aromatic rings. The van der Waals surface area contributed by atoms with Gasteiger partial charge in [0.2, 0.25) is 5.95 Å². The minimum absolute atomic E-state index is 0.00476. The van der Waals surface area contributed by atoms with Crippen LogP contribution in [0.1, 0.15) is 42.3 Å². The fourth-order valence-electron chi connectivity index (χ4n) is 4.88.